The van der Waals surface area contributed by atoms with Crippen LogP contribution in [0.4, 0.5) is 18.9 Å². The standard InChI is InChI=1S/C14H13F3N2O/c1-2-10-5-6-13(20)19(10)11-4-3-9(8-18)12(7-11)14(15,16)17/h3-4,7,10H,2,5-6H2,1H3/t10-/m0/s1. The van der Waals surface area contributed by atoms with Gasteiger partial charge in [-0.3, -0.25) is 4.79 Å². The summed E-state index contributed by atoms with van der Waals surface area (Å²) in [5.41, 5.74) is -1.21. The summed E-state index contributed by atoms with van der Waals surface area (Å²) in [7, 11) is 0. The summed E-state index contributed by atoms with van der Waals surface area (Å²) in [6.45, 7) is 1.89. The van der Waals surface area contributed by atoms with Crippen LogP contribution in [0.1, 0.15) is 37.3 Å². The van der Waals surface area contributed by atoms with Crippen LogP contribution in [0, 0.1) is 11.3 Å². The van der Waals surface area contributed by atoms with Crippen LogP contribution in [-0.4, -0.2) is 11.9 Å². The second kappa shape index (κ2) is 5.16. The maximum Gasteiger partial charge on any atom is 0.417 e. The number of hydrogen-bond donors (Lipinski definition) is 0. The first-order valence-electron chi connectivity index (χ1n) is 6.32. The molecule has 106 valence electrons. The zero-order valence-electron chi connectivity index (χ0n) is 10.9. The number of alkyl halides is 3. The third kappa shape index (κ3) is 2.48. The van der Waals surface area contributed by atoms with Crippen molar-refractivity contribution in [3.63, 3.8) is 0 Å². The van der Waals surface area contributed by atoms with Gasteiger partial charge >= 0.3 is 6.18 Å². The minimum atomic E-state index is -4.61. The van der Waals surface area contributed by atoms with Gasteiger partial charge in [0.2, 0.25) is 5.91 Å². The number of anilines is 1. The van der Waals surface area contributed by atoms with E-state index in [1.807, 2.05) is 6.92 Å². The van der Waals surface area contributed by atoms with Crippen LogP contribution < -0.4 is 4.90 Å². The topological polar surface area (TPSA) is 44.1 Å². The molecule has 0 aromatic heterocycles. The molecule has 0 unspecified atom stereocenters. The predicted molar refractivity (Wildman–Crippen MR) is 67.0 cm³/mol. The van der Waals surface area contributed by atoms with Crippen molar-refractivity contribution in [2.75, 3.05) is 4.90 Å². The number of benzene rings is 1. The molecule has 1 heterocycles. The molecule has 0 aliphatic carbocycles. The van der Waals surface area contributed by atoms with Gasteiger partial charge in [0, 0.05) is 18.2 Å². The number of amides is 1. The Morgan fingerprint density at radius 3 is 2.70 bits per heavy atom. The van der Waals surface area contributed by atoms with E-state index in [2.05, 4.69) is 0 Å². The van der Waals surface area contributed by atoms with E-state index in [-0.39, 0.29) is 17.6 Å². The van der Waals surface area contributed by atoms with Gasteiger partial charge in [0.15, 0.2) is 0 Å². The van der Waals surface area contributed by atoms with Crippen LogP contribution in [0.3, 0.4) is 0 Å². The molecule has 1 aromatic carbocycles. The lowest BCUT2D eigenvalue weighted by molar-refractivity contribution is -0.137. The van der Waals surface area contributed by atoms with Crippen molar-refractivity contribution >= 4 is 11.6 Å². The molecule has 1 fully saturated rings. The molecule has 2 rings (SSSR count). The first-order valence-corrected chi connectivity index (χ1v) is 6.32. The van der Waals surface area contributed by atoms with Gasteiger partial charge in [-0.2, -0.15) is 18.4 Å². The largest absolute Gasteiger partial charge is 0.417 e. The van der Waals surface area contributed by atoms with Gasteiger partial charge in [-0.15, -0.1) is 0 Å². The number of carbonyl (C=O) groups excluding carboxylic acids is 1. The summed E-state index contributed by atoms with van der Waals surface area (Å²) >= 11 is 0. The molecule has 1 atom stereocenters. The fraction of sp³-hybridized carbons (Fsp3) is 0.429. The smallest absolute Gasteiger partial charge is 0.309 e. The van der Waals surface area contributed by atoms with Crippen LogP contribution >= 0.6 is 0 Å². The molecule has 1 aromatic rings. The Kier molecular flexibility index (Phi) is 3.71. The minimum absolute atomic E-state index is 0.0727. The van der Waals surface area contributed by atoms with Gasteiger partial charge in [0.25, 0.3) is 0 Å². The summed E-state index contributed by atoms with van der Waals surface area (Å²) < 4.78 is 38.8. The van der Waals surface area contributed by atoms with Crippen LogP contribution in [0.25, 0.3) is 0 Å². The monoisotopic (exact) mass is 282 g/mol. The van der Waals surface area contributed by atoms with E-state index in [0.717, 1.165) is 12.1 Å². The van der Waals surface area contributed by atoms with Gasteiger partial charge in [-0.1, -0.05) is 6.92 Å². The van der Waals surface area contributed by atoms with Crippen molar-refractivity contribution < 1.29 is 18.0 Å². The van der Waals surface area contributed by atoms with Crippen molar-refractivity contribution in [3.05, 3.63) is 29.3 Å². The second-order valence-electron chi connectivity index (χ2n) is 4.70. The Morgan fingerprint density at radius 2 is 2.15 bits per heavy atom. The predicted octanol–water partition coefficient (Wildman–Crippen LogP) is 3.48. The number of hydrogen-bond acceptors (Lipinski definition) is 2. The molecule has 1 amide bonds. The summed E-state index contributed by atoms with van der Waals surface area (Å²) in [6, 6.07) is 4.88. The third-order valence-electron chi connectivity index (χ3n) is 3.50. The van der Waals surface area contributed by atoms with Gasteiger partial charge < -0.3 is 4.90 Å². The van der Waals surface area contributed by atoms with E-state index in [1.165, 1.54) is 17.0 Å². The first kappa shape index (κ1) is 14.4. The summed E-state index contributed by atoms with van der Waals surface area (Å²) in [6.07, 6.45) is -2.92. The average Bonchev–Trinajstić information content (AvgIpc) is 2.78. The van der Waals surface area contributed by atoms with Crippen molar-refractivity contribution in [3.8, 4) is 6.07 Å². The van der Waals surface area contributed by atoms with E-state index in [0.29, 0.717) is 19.3 Å². The fourth-order valence-electron chi connectivity index (χ4n) is 2.50. The fourth-order valence-corrected chi connectivity index (χ4v) is 2.50. The van der Waals surface area contributed by atoms with E-state index in [1.54, 1.807) is 0 Å². The summed E-state index contributed by atoms with van der Waals surface area (Å²) in [4.78, 5) is 13.3. The summed E-state index contributed by atoms with van der Waals surface area (Å²) in [5.74, 6) is -0.172. The number of nitrogens with zero attached hydrogens (tertiary/aromatic N) is 2. The van der Waals surface area contributed by atoms with E-state index in [4.69, 9.17) is 5.26 Å². The highest BCUT2D eigenvalue weighted by molar-refractivity contribution is 5.96. The number of halogens is 3. The highest BCUT2D eigenvalue weighted by Crippen LogP contribution is 2.36. The maximum absolute atomic E-state index is 12.9. The minimum Gasteiger partial charge on any atom is -0.309 e. The molecule has 20 heavy (non-hydrogen) atoms. The van der Waals surface area contributed by atoms with E-state index in [9.17, 15) is 18.0 Å². The molecule has 0 saturated carbocycles. The van der Waals surface area contributed by atoms with Gasteiger partial charge in [0.1, 0.15) is 0 Å². The Hall–Kier alpha value is -2.03. The number of rotatable bonds is 2. The summed E-state index contributed by atoms with van der Waals surface area (Å²) in [5, 5.41) is 8.76. The molecule has 1 aliphatic rings. The normalized spacial score (nSPS) is 19.2. The van der Waals surface area contributed by atoms with Gasteiger partial charge in [-0.25, -0.2) is 0 Å². The molecule has 6 heteroatoms. The lowest BCUT2D eigenvalue weighted by Crippen LogP contribution is -2.32. The van der Waals surface area contributed by atoms with Crippen molar-refractivity contribution in [1.29, 1.82) is 5.26 Å². The number of nitriles is 1. The second-order valence-corrected chi connectivity index (χ2v) is 4.70. The van der Waals surface area contributed by atoms with E-state index >= 15 is 0 Å². The Morgan fingerprint density at radius 1 is 1.45 bits per heavy atom. The molecule has 0 N–H and O–H groups in total. The maximum atomic E-state index is 12.9. The van der Waals surface area contributed by atoms with Gasteiger partial charge in [0.05, 0.1) is 17.2 Å². The van der Waals surface area contributed by atoms with E-state index < -0.39 is 17.3 Å². The zero-order chi connectivity index (χ0) is 14.9. The highest BCUT2D eigenvalue weighted by Gasteiger charge is 2.36. The van der Waals surface area contributed by atoms with Crippen molar-refractivity contribution in [2.45, 2.75) is 38.4 Å². The Bertz CT molecular complexity index is 575. The third-order valence-corrected chi connectivity index (χ3v) is 3.50. The molecule has 0 bridgehead atoms. The Labute approximate surface area is 114 Å². The molecular formula is C14H13F3N2O. The lowest BCUT2D eigenvalue weighted by atomic mass is 10.1. The Balaban J connectivity index is 2.49. The van der Waals surface area contributed by atoms with Crippen LogP contribution in [-0.2, 0) is 11.0 Å². The highest BCUT2D eigenvalue weighted by atomic mass is 19.4. The van der Waals surface area contributed by atoms with Gasteiger partial charge in [-0.05, 0) is 31.0 Å². The first-order chi connectivity index (χ1) is 9.38. The number of carbonyl (C=O) groups is 1. The van der Waals surface area contributed by atoms with Crippen LogP contribution in [0.5, 0.6) is 0 Å². The van der Waals surface area contributed by atoms with Crippen molar-refractivity contribution in [1.82, 2.24) is 0 Å². The quantitative estimate of drug-likeness (QED) is 0.833. The van der Waals surface area contributed by atoms with Crippen LogP contribution in [0.2, 0.25) is 0 Å². The lowest BCUT2D eigenvalue weighted by Gasteiger charge is -2.25. The average molecular weight is 282 g/mol. The molecule has 1 aliphatic heterocycles. The SMILES string of the molecule is CC[C@H]1CCC(=O)N1c1ccc(C#N)c(C(F)(F)F)c1. The molecule has 0 spiro atoms. The van der Waals surface area contributed by atoms with Crippen molar-refractivity contribution in [2.24, 2.45) is 0 Å². The molecule has 3 nitrogen and oxygen atoms in total. The molecular weight excluding hydrogens is 269 g/mol. The van der Waals surface area contributed by atoms with Crippen LogP contribution in [0.15, 0.2) is 18.2 Å². The zero-order valence-corrected chi connectivity index (χ0v) is 10.9. The molecule has 1 saturated heterocycles. The molecule has 0 radical (unpaired) electrons.